The van der Waals surface area contributed by atoms with E-state index in [0.717, 1.165) is 0 Å². The maximum atomic E-state index is 11.9. The van der Waals surface area contributed by atoms with Crippen LogP contribution >= 0.6 is 23.2 Å². The van der Waals surface area contributed by atoms with Crippen molar-refractivity contribution in [2.75, 3.05) is 18.4 Å². The van der Waals surface area contributed by atoms with Crippen LogP contribution in [0.25, 0.3) is 0 Å². The van der Waals surface area contributed by atoms with Crippen molar-refractivity contribution in [1.29, 1.82) is 0 Å². The molecule has 1 amide bonds. The second-order valence-electron chi connectivity index (χ2n) is 4.04. The molecular formula is C12H13Cl2F3N2O. The van der Waals surface area contributed by atoms with Crippen LogP contribution < -0.4 is 10.6 Å². The Kier molecular flexibility index (Phi) is 6.58. The zero-order valence-electron chi connectivity index (χ0n) is 10.4. The predicted molar refractivity (Wildman–Crippen MR) is 73.3 cm³/mol. The number of alkyl halides is 3. The number of hydrogen-bond donors (Lipinski definition) is 2. The molecule has 8 heteroatoms. The van der Waals surface area contributed by atoms with Crippen molar-refractivity contribution >= 4 is 34.8 Å². The molecule has 0 atom stereocenters. The molecule has 0 saturated heterocycles. The number of amides is 1. The summed E-state index contributed by atoms with van der Waals surface area (Å²) in [5.74, 6) is -0.424. The standard InChI is InChI=1S/C12H13Cl2F3N2O/c13-8-3-1-4-9(14)11(8)19-10(20)7-18-6-2-5-12(15,16)17/h1,3-4,18H,2,5-7H2,(H,19,20). The van der Waals surface area contributed by atoms with Crippen LogP contribution in [0.4, 0.5) is 18.9 Å². The van der Waals surface area contributed by atoms with Crippen LogP contribution in [0.2, 0.25) is 10.0 Å². The van der Waals surface area contributed by atoms with Crippen LogP contribution in [0.15, 0.2) is 18.2 Å². The van der Waals surface area contributed by atoms with Gasteiger partial charge in [0, 0.05) is 6.42 Å². The average molecular weight is 329 g/mol. The Labute approximate surface area is 124 Å². The molecule has 0 radical (unpaired) electrons. The van der Waals surface area contributed by atoms with E-state index in [1.165, 1.54) is 0 Å². The Morgan fingerprint density at radius 1 is 1.20 bits per heavy atom. The van der Waals surface area contributed by atoms with E-state index in [9.17, 15) is 18.0 Å². The van der Waals surface area contributed by atoms with Gasteiger partial charge in [0.1, 0.15) is 0 Å². The molecule has 0 fully saturated rings. The van der Waals surface area contributed by atoms with Crippen molar-refractivity contribution < 1.29 is 18.0 Å². The molecule has 0 spiro atoms. The van der Waals surface area contributed by atoms with E-state index in [0.29, 0.717) is 10.0 Å². The van der Waals surface area contributed by atoms with Gasteiger partial charge in [0.2, 0.25) is 5.91 Å². The summed E-state index contributed by atoms with van der Waals surface area (Å²) in [6, 6.07) is 4.77. The van der Waals surface area contributed by atoms with Crippen LogP contribution in [0.1, 0.15) is 12.8 Å². The fourth-order valence-electron chi connectivity index (χ4n) is 1.42. The maximum Gasteiger partial charge on any atom is 0.389 e. The maximum absolute atomic E-state index is 11.9. The molecule has 1 rings (SSSR count). The molecule has 0 unspecified atom stereocenters. The van der Waals surface area contributed by atoms with Crippen LogP contribution in [0.5, 0.6) is 0 Å². The number of halogens is 5. The Morgan fingerprint density at radius 3 is 2.35 bits per heavy atom. The van der Waals surface area contributed by atoms with Gasteiger partial charge < -0.3 is 10.6 Å². The van der Waals surface area contributed by atoms with Crippen molar-refractivity contribution in [2.45, 2.75) is 19.0 Å². The summed E-state index contributed by atoms with van der Waals surface area (Å²) in [5.41, 5.74) is 0.290. The molecule has 0 aliphatic rings. The molecule has 112 valence electrons. The molecule has 0 aromatic heterocycles. The highest BCUT2D eigenvalue weighted by Crippen LogP contribution is 2.29. The summed E-state index contributed by atoms with van der Waals surface area (Å²) < 4.78 is 35.6. The second-order valence-corrected chi connectivity index (χ2v) is 4.85. The highest BCUT2D eigenvalue weighted by molar-refractivity contribution is 6.39. The van der Waals surface area contributed by atoms with Gasteiger partial charge in [0.25, 0.3) is 0 Å². The smallest absolute Gasteiger partial charge is 0.322 e. The van der Waals surface area contributed by atoms with Crippen molar-refractivity contribution in [2.24, 2.45) is 0 Å². The third-order valence-electron chi connectivity index (χ3n) is 2.33. The number of carbonyl (C=O) groups excluding carboxylic acids is 1. The lowest BCUT2D eigenvalue weighted by molar-refractivity contribution is -0.135. The van der Waals surface area contributed by atoms with E-state index in [1.54, 1.807) is 18.2 Å². The van der Waals surface area contributed by atoms with Gasteiger partial charge in [-0.1, -0.05) is 29.3 Å². The quantitative estimate of drug-likeness (QED) is 0.778. The summed E-state index contributed by atoms with van der Waals surface area (Å²) in [6.07, 6.45) is -5.13. The van der Waals surface area contributed by atoms with Crippen LogP contribution in [-0.2, 0) is 4.79 Å². The Morgan fingerprint density at radius 2 is 1.80 bits per heavy atom. The lowest BCUT2D eigenvalue weighted by Crippen LogP contribution is -2.29. The summed E-state index contributed by atoms with van der Waals surface area (Å²) in [6.45, 7) is -0.0113. The molecule has 20 heavy (non-hydrogen) atoms. The Bertz CT molecular complexity index is 446. The fraction of sp³-hybridized carbons (Fsp3) is 0.417. The van der Waals surface area contributed by atoms with Crippen LogP contribution in [0, 0.1) is 0 Å². The zero-order valence-corrected chi connectivity index (χ0v) is 11.9. The topological polar surface area (TPSA) is 41.1 Å². The molecule has 0 aliphatic heterocycles. The number of carbonyl (C=O) groups is 1. The highest BCUT2D eigenvalue weighted by Gasteiger charge is 2.25. The highest BCUT2D eigenvalue weighted by atomic mass is 35.5. The summed E-state index contributed by atoms with van der Waals surface area (Å²) in [7, 11) is 0. The summed E-state index contributed by atoms with van der Waals surface area (Å²) in [5, 5.41) is 5.71. The van der Waals surface area contributed by atoms with E-state index in [-0.39, 0.29) is 25.2 Å². The fourth-order valence-corrected chi connectivity index (χ4v) is 1.91. The molecule has 1 aromatic rings. The lowest BCUT2D eigenvalue weighted by Gasteiger charge is -2.10. The van der Waals surface area contributed by atoms with Crippen molar-refractivity contribution in [3.05, 3.63) is 28.2 Å². The minimum absolute atomic E-state index is 0.0797. The minimum atomic E-state index is -4.17. The number of benzene rings is 1. The average Bonchev–Trinajstić information content (AvgIpc) is 2.32. The molecule has 0 heterocycles. The van der Waals surface area contributed by atoms with E-state index in [4.69, 9.17) is 23.2 Å². The number of anilines is 1. The van der Waals surface area contributed by atoms with E-state index < -0.39 is 18.5 Å². The SMILES string of the molecule is O=C(CNCCCC(F)(F)F)Nc1c(Cl)cccc1Cl. The number of rotatable bonds is 6. The Balaban J connectivity index is 2.31. The number of nitrogens with one attached hydrogen (secondary N) is 2. The summed E-state index contributed by atoms with van der Waals surface area (Å²) >= 11 is 11.7. The molecular weight excluding hydrogens is 316 g/mol. The Hall–Kier alpha value is -0.980. The van der Waals surface area contributed by atoms with Gasteiger partial charge >= 0.3 is 6.18 Å². The molecule has 1 aromatic carbocycles. The van der Waals surface area contributed by atoms with Gasteiger partial charge in [-0.2, -0.15) is 13.2 Å². The van der Waals surface area contributed by atoms with Crippen LogP contribution in [0.3, 0.4) is 0 Å². The van der Waals surface area contributed by atoms with Gasteiger partial charge in [0.05, 0.1) is 22.3 Å². The molecule has 0 saturated carbocycles. The zero-order chi connectivity index (χ0) is 15.2. The van der Waals surface area contributed by atoms with Crippen molar-refractivity contribution in [1.82, 2.24) is 5.32 Å². The van der Waals surface area contributed by atoms with Crippen molar-refractivity contribution in [3.63, 3.8) is 0 Å². The predicted octanol–water partition coefficient (Wildman–Crippen LogP) is 3.86. The monoisotopic (exact) mass is 328 g/mol. The minimum Gasteiger partial charge on any atom is -0.322 e. The molecule has 0 aliphatic carbocycles. The number of hydrogen-bond acceptors (Lipinski definition) is 2. The van der Waals surface area contributed by atoms with E-state index in [2.05, 4.69) is 10.6 Å². The van der Waals surface area contributed by atoms with Gasteiger partial charge in [-0.15, -0.1) is 0 Å². The first-order chi connectivity index (χ1) is 9.29. The second kappa shape index (κ2) is 7.71. The first-order valence-electron chi connectivity index (χ1n) is 5.81. The third kappa shape index (κ3) is 6.45. The molecule has 3 nitrogen and oxygen atoms in total. The van der Waals surface area contributed by atoms with Crippen molar-refractivity contribution in [3.8, 4) is 0 Å². The normalized spacial score (nSPS) is 11.4. The molecule has 0 bridgehead atoms. The van der Waals surface area contributed by atoms with Crippen LogP contribution in [-0.4, -0.2) is 25.2 Å². The first kappa shape index (κ1) is 17.1. The largest absolute Gasteiger partial charge is 0.389 e. The number of para-hydroxylation sites is 1. The van der Waals surface area contributed by atoms with Gasteiger partial charge in [0.15, 0.2) is 0 Å². The van der Waals surface area contributed by atoms with Gasteiger partial charge in [-0.3, -0.25) is 4.79 Å². The van der Waals surface area contributed by atoms with Gasteiger partial charge in [-0.05, 0) is 25.1 Å². The lowest BCUT2D eigenvalue weighted by atomic mass is 10.3. The van der Waals surface area contributed by atoms with Gasteiger partial charge in [-0.25, -0.2) is 0 Å². The summed E-state index contributed by atoms with van der Waals surface area (Å²) in [4.78, 5) is 11.6. The van der Waals surface area contributed by atoms with E-state index in [1.807, 2.05) is 0 Å². The third-order valence-corrected chi connectivity index (χ3v) is 2.96. The molecule has 2 N–H and O–H groups in total. The van der Waals surface area contributed by atoms with E-state index >= 15 is 0 Å². The first-order valence-corrected chi connectivity index (χ1v) is 6.56.